The van der Waals surface area contributed by atoms with Crippen molar-refractivity contribution >= 4 is 16.9 Å². The van der Waals surface area contributed by atoms with E-state index in [4.69, 9.17) is 4.74 Å². The molecule has 0 aliphatic heterocycles. The van der Waals surface area contributed by atoms with Crippen LogP contribution in [0.4, 0.5) is 4.39 Å². The lowest BCUT2D eigenvalue weighted by Gasteiger charge is -2.12. The first-order valence-electron chi connectivity index (χ1n) is 9.02. The third-order valence-electron chi connectivity index (χ3n) is 4.51. The molecule has 5 nitrogen and oxygen atoms in total. The average Bonchev–Trinajstić information content (AvgIpc) is 3.09. The van der Waals surface area contributed by atoms with Crippen molar-refractivity contribution in [3.63, 3.8) is 0 Å². The van der Waals surface area contributed by atoms with Crippen LogP contribution < -0.4 is 15.4 Å². The molecule has 27 heavy (non-hydrogen) atoms. The zero-order valence-electron chi connectivity index (χ0n) is 15.7. The van der Waals surface area contributed by atoms with E-state index in [2.05, 4.69) is 32.7 Å². The second-order valence-corrected chi connectivity index (χ2v) is 6.28. The van der Waals surface area contributed by atoms with Gasteiger partial charge in [0.15, 0.2) is 5.96 Å². The number of guanidine groups is 1. The van der Waals surface area contributed by atoms with Crippen molar-refractivity contribution in [2.45, 2.75) is 12.8 Å². The number of ether oxygens (including phenoxy) is 1. The van der Waals surface area contributed by atoms with Crippen LogP contribution in [0.2, 0.25) is 0 Å². The maximum atomic E-state index is 13.3. The van der Waals surface area contributed by atoms with E-state index in [0.29, 0.717) is 0 Å². The Bertz CT molecular complexity index is 902. The highest BCUT2D eigenvalue weighted by molar-refractivity contribution is 5.83. The molecule has 3 rings (SSSR count). The van der Waals surface area contributed by atoms with Gasteiger partial charge in [-0.1, -0.05) is 12.1 Å². The fraction of sp³-hybridized carbons (Fsp3) is 0.286. The monoisotopic (exact) mass is 368 g/mol. The van der Waals surface area contributed by atoms with Crippen molar-refractivity contribution in [3.8, 4) is 5.75 Å². The first-order valence-corrected chi connectivity index (χ1v) is 9.02. The maximum absolute atomic E-state index is 13.3. The van der Waals surface area contributed by atoms with Crippen molar-refractivity contribution < 1.29 is 9.13 Å². The van der Waals surface area contributed by atoms with Crippen LogP contribution >= 0.6 is 0 Å². The van der Waals surface area contributed by atoms with Gasteiger partial charge in [-0.3, -0.25) is 4.99 Å². The largest absolute Gasteiger partial charge is 0.497 e. The van der Waals surface area contributed by atoms with Crippen LogP contribution in [0.3, 0.4) is 0 Å². The molecule has 3 N–H and O–H groups in total. The lowest BCUT2D eigenvalue weighted by Crippen LogP contribution is -2.39. The number of nitrogens with zero attached hydrogens (tertiary/aromatic N) is 1. The number of hydrogen-bond donors (Lipinski definition) is 3. The minimum Gasteiger partial charge on any atom is -0.497 e. The second-order valence-electron chi connectivity index (χ2n) is 6.28. The molecule has 2 aromatic carbocycles. The van der Waals surface area contributed by atoms with E-state index in [1.54, 1.807) is 14.2 Å². The molecule has 0 amide bonds. The smallest absolute Gasteiger partial charge is 0.190 e. The molecule has 1 aromatic heterocycles. The van der Waals surface area contributed by atoms with Gasteiger partial charge in [0.05, 0.1) is 7.11 Å². The Kier molecular flexibility index (Phi) is 6.30. The van der Waals surface area contributed by atoms with Gasteiger partial charge in [0, 0.05) is 37.2 Å². The first kappa shape index (κ1) is 18.8. The maximum Gasteiger partial charge on any atom is 0.190 e. The van der Waals surface area contributed by atoms with Gasteiger partial charge in [-0.15, -0.1) is 0 Å². The van der Waals surface area contributed by atoms with Gasteiger partial charge in [0.1, 0.15) is 11.6 Å². The SMILES string of the molecule is CN=C(NCCc1ccc(OC)cc1)NCCc1c[nH]c2cc(F)ccc12. The van der Waals surface area contributed by atoms with Crippen LogP contribution in [-0.2, 0) is 12.8 Å². The number of fused-ring (bicyclic) bond motifs is 1. The van der Waals surface area contributed by atoms with Crippen molar-refractivity contribution in [3.05, 3.63) is 65.6 Å². The van der Waals surface area contributed by atoms with E-state index in [0.717, 1.165) is 54.1 Å². The summed E-state index contributed by atoms with van der Waals surface area (Å²) in [6.45, 7) is 1.53. The predicted molar refractivity (Wildman–Crippen MR) is 108 cm³/mol. The molecule has 1 heterocycles. The second kappa shape index (κ2) is 9.07. The summed E-state index contributed by atoms with van der Waals surface area (Å²) in [7, 11) is 3.43. The van der Waals surface area contributed by atoms with Crippen molar-refractivity contribution in [1.82, 2.24) is 15.6 Å². The summed E-state index contributed by atoms with van der Waals surface area (Å²) >= 11 is 0. The average molecular weight is 368 g/mol. The molecule has 142 valence electrons. The lowest BCUT2D eigenvalue weighted by atomic mass is 10.1. The van der Waals surface area contributed by atoms with Crippen molar-refractivity contribution in [2.24, 2.45) is 4.99 Å². The van der Waals surface area contributed by atoms with E-state index in [1.807, 2.05) is 24.4 Å². The molecule has 0 saturated carbocycles. The quantitative estimate of drug-likeness (QED) is 0.443. The summed E-state index contributed by atoms with van der Waals surface area (Å²) in [4.78, 5) is 7.38. The number of methoxy groups -OCH3 is 1. The summed E-state index contributed by atoms with van der Waals surface area (Å²) in [6.07, 6.45) is 3.66. The Morgan fingerprint density at radius 3 is 2.52 bits per heavy atom. The molecule has 0 fully saturated rings. The van der Waals surface area contributed by atoms with E-state index < -0.39 is 0 Å². The summed E-state index contributed by atoms with van der Waals surface area (Å²) in [6, 6.07) is 12.9. The molecule has 0 aliphatic carbocycles. The Morgan fingerprint density at radius 1 is 1.07 bits per heavy atom. The van der Waals surface area contributed by atoms with Crippen molar-refractivity contribution in [1.29, 1.82) is 0 Å². The lowest BCUT2D eigenvalue weighted by molar-refractivity contribution is 0.414. The van der Waals surface area contributed by atoms with Crippen LogP contribution in [0.25, 0.3) is 10.9 Å². The standard InChI is InChI=1S/C21H25FN4O/c1-23-21(24-11-9-15-3-6-18(27-2)7-4-15)25-12-10-16-14-26-20-13-17(22)5-8-19(16)20/h3-8,13-14,26H,9-12H2,1-2H3,(H2,23,24,25). The number of H-pyrrole nitrogens is 1. The molecule has 3 aromatic rings. The molecule has 0 saturated heterocycles. The molecule has 6 heteroatoms. The highest BCUT2D eigenvalue weighted by Crippen LogP contribution is 2.19. The molecule has 0 unspecified atom stereocenters. The molecular weight excluding hydrogens is 343 g/mol. The van der Waals surface area contributed by atoms with Gasteiger partial charge < -0.3 is 20.4 Å². The van der Waals surface area contributed by atoms with Crippen LogP contribution in [-0.4, -0.2) is 38.2 Å². The molecule has 0 bridgehead atoms. The van der Waals surface area contributed by atoms with Gasteiger partial charge in [0.25, 0.3) is 0 Å². The number of nitrogens with one attached hydrogen (secondary N) is 3. The van der Waals surface area contributed by atoms with Gasteiger partial charge in [-0.05, 0) is 54.3 Å². The Morgan fingerprint density at radius 2 is 1.81 bits per heavy atom. The fourth-order valence-electron chi connectivity index (χ4n) is 3.02. The fourth-order valence-corrected chi connectivity index (χ4v) is 3.02. The number of halogens is 1. The Labute approximate surface area is 158 Å². The number of benzene rings is 2. The van der Waals surface area contributed by atoms with Gasteiger partial charge in [-0.25, -0.2) is 4.39 Å². The zero-order chi connectivity index (χ0) is 19.1. The number of aromatic nitrogens is 1. The number of aromatic amines is 1. The normalized spacial score (nSPS) is 11.6. The summed E-state index contributed by atoms with van der Waals surface area (Å²) in [5.41, 5.74) is 3.22. The summed E-state index contributed by atoms with van der Waals surface area (Å²) < 4.78 is 18.4. The number of rotatable bonds is 7. The van der Waals surface area contributed by atoms with Gasteiger partial charge >= 0.3 is 0 Å². The van der Waals surface area contributed by atoms with E-state index >= 15 is 0 Å². The summed E-state index contributed by atoms with van der Waals surface area (Å²) in [5, 5.41) is 7.70. The molecule has 0 aliphatic rings. The Hall–Kier alpha value is -3.02. The third kappa shape index (κ3) is 5.00. The number of aliphatic imine (C=N–C) groups is 1. The summed E-state index contributed by atoms with van der Waals surface area (Å²) in [5.74, 6) is 1.41. The predicted octanol–water partition coefficient (Wildman–Crippen LogP) is 3.27. The van der Waals surface area contributed by atoms with Crippen LogP contribution in [0.5, 0.6) is 5.75 Å². The van der Waals surface area contributed by atoms with E-state index in [-0.39, 0.29) is 5.82 Å². The molecule has 0 spiro atoms. The number of hydrogen-bond acceptors (Lipinski definition) is 2. The Balaban J connectivity index is 1.44. The molecular formula is C21H25FN4O. The zero-order valence-corrected chi connectivity index (χ0v) is 15.7. The topological polar surface area (TPSA) is 61.4 Å². The van der Waals surface area contributed by atoms with Crippen LogP contribution in [0.1, 0.15) is 11.1 Å². The van der Waals surface area contributed by atoms with Crippen LogP contribution in [0, 0.1) is 5.82 Å². The van der Waals surface area contributed by atoms with E-state index in [1.165, 1.54) is 17.7 Å². The highest BCUT2D eigenvalue weighted by Gasteiger charge is 2.05. The van der Waals surface area contributed by atoms with Gasteiger partial charge in [0.2, 0.25) is 0 Å². The molecule has 0 radical (unpaired) electrons. The minimum absolute atomic E-state index is 0.226. The molecule has 0 atom stereocenters. The third-order valence-corrected chi connectivity index (χ3v) is 4.51. The van der Waals surface area contributed by atoms with E-state index in [9.17, 15) is 4.39 Å². The highest BCUT2D eigenvalue weighted by atomic mass is 19.1. The minimum atomic E-state index is -0.226. The van der Waals surface area contributed by atoms with Gasteiger partial charge in [-0.2, -0.15) is 0 Å². The van der Waals surface area contributed by atoms with Crippen molar-refractivity contribution in [2.75, 3.05) is 27.2 Å². The van der Waals surface area contributed by atoms with Crippen LogP contribution in [0.15, 0.2) is 53.7 Å². The first-order chi connectivity index (χ1) is 13.2.